The second-order valence-electron chi connectivity index (χ2n) is 3.85. The van der Waals surface area contributed by atoms with Gasteiger partial charge < -0.3 is 5.11 Å². The van der Waals surface area contributed by atoms with Gasteiger partial charge in [0.2, 0.25) is 0 Å². The molecule has 0 unspecified atom stereocenters. The van der Waals surface area contributed by atoms with Gasteiger partial charge in [0.1, 0.15) is 5.75 Å². The zero-order chi connectivity index (χ0) is 13.8. The van der Waals surface area contributed by atoms with Crippen LogP contribution in [0.4, 0.5) is 0 Å². The van der Waals surface area contributed by atoms with Gasteiger partial charge in [-0.2, -0.15) is 10.1 Å². The van der Waals surface area contributed by atoms with Crippen molar-refractivity contribution in [2.75, 3.05) is 5.75 Å². The first kappa shape index (κ1) is 13.8. The summed E-state index contributed by atoms with van der Waals surface area (Å²) in [6.45, 7) is 3.64. The Morgan fingerprint density at radius 1 is 1.58 bits per heavy atom. The molecule has 1 aliphatic heterocycles. The number of thioether (sulfide) groups is 1. The van der Waals surface area contributed by atoms with Gasteiger partial charge >= 0.3 is 0 Å². The molecule has 0 atom stereocenters. The highest BCUT2D eigenvalue weighted by molar-refractivity contribution is 8.23. The molecule has 1 aliphatic rings. The average Bonchev–Trinajstić information content (AvgIpc) is 2.71. The van der Waals surface area contributed by atoms with E-state index in [9.17, 15) is 9.90 Å². The molecule has 2 rings (SSSR count). The first-order valence-electron chi connectivity index (χ1n) is 5.59. The van der Waals surface area contributed by atoms with Crippen LogP contribution in [-0.2, 0) is 11.2 Å². The molecular formula is C13H12N2O2S2. The summed E-state index contributed by atoms with van der Waals surface area (Å²) in [6, 6.07) is 5.36. The van der Waals surface area contributed by atoms with Gasteiger partial charge in [0, 0.05) is 5.56 Å². The molecule has 98 valence electrons. The van der Waals surface area contributed by atoms with E-state index in [1.54, 1.807) is 12.1 Å². The van der Waals surface area contributed by atoms with Gasteiger partial charge in [0.25, 0.3) is 5.91 Å². The summed E-state index contributed by atoms with van der Waals surface area (Å²) in [4.78, 5) is 11.5. The standard InChI is InChI=1S/C13H12N2O2S2/c1-2-4-9-5-3-6-10(12(9)17)7-14-15-11(16)8-19-13(15)18/h2-3,5-7,17H,1,4,8H2/b14-7+. The lowest BCUT2D eigenvalue weighted by Crippen LogP contribution is -2.22. The lowest BCUT2D eigenvalue weighted by Gasteiger charge is -2.08. The number of phenols is 1. The molecule has 0 saturated carbocycles. The van der Waals surface area contributed by atoms with Crippen molar-refractivity contribution in [3.8, 4) is 5.75 Å². The topological polar surface area (TPSA) is 52.9 Å². The Kier molecular flexibility index (Phi) is 4.34. The van der Waals surface area contributed by atoms with Crippen molar-refractivity contribution in [1.29, 1.82) is 0 Å². The van der Waals surface area contributed by atoms with Gasteiger partial charge in [0.05, 0.1) is 12.0 Å². The highest BCUT2D eigenvalue weighted by Gasteiger charge is 2.26. The Labute approximate surface area is 120 Å². The molecule has 1 aromatic rings. The van der Waals surface area contributed by atoms with Crippen LogP contribution in [0.5, 0.6) is 5.75 Å². The van der Waals surface area contributed by atoms with Gasteiger partial charge in [-0.3, -0.25) is 4.79 Å². The summed E-state index contributed by atoms with van der Waals surface area (Å²) < 4.78 is 0.433. The van der Waals surface area contributed by atoms with Gasteiger partial charge in [-0.05, 0) is 18.1 Å². The average molecular weight is 292 g/mol. The van der Waals surface area contributed by atoms with Crippen LogP contribution in [0, 0.1) is 0 Å². The number of aromatic hydroxyl groups is 1. The minimum Gasteiger partial charge on any atom is -0.507 e. The number of rotatable bonds is 4. The van der Waals surface area contributed by atoms with Crippen LogP contribution in [0.25, 0.3) is 0 Å². The van der Waals surface area contributed by atoms with E-state index < -0.39 is 0 Å². The fourth-order valence-corrected chi connectivity index (χ4v) is 2.58. The minimum absolute atomic E-state index is 0.145. The van der Waals surface area contributed by atoms with Crippen LogP contribution < -0.4 is 0 Å². The molecule has 0 aromatic heterocycles. The number of nitrogens with zero attached hydrogens (tertiary/aromatic N) is 2. The van der Waals surface area contributed by atoms with Crippen molar-refractivity contribution in [3.05, 3.63) is 42.0 Å². The minimum atomic E-state index is -0.145. The molecule has 1 amide bonds. The van der Waals surface area contributed by atoms with Crippen molar-refractivity contribution < 1.29 is 9.90 Å². The summed E-state index contributed by atoms with van der Waals surface area (Å²) >= 11 is 6.29. The summed E-state index contributed by atoms with van der Waals surface area (Å²) in [5.74, 6) is 0.322. The smallest absolute Gasteiger partial charge is 0.259 e. The molecule has 1 fully saturated rings. The predicted octanol–water partition coefficient (Wildman–Crippen LogP) is 2.31. The van der Waals surface area contributed by atoms with Crippen molar-refractivity contribution in [2.24, 2.45) is 5.10 Å². The zero-order valence-corrected chi connectivity index (χ0v) is 11.7. The van der Waals surface area contributed by atoms with Crippen LogP contribution in [0.2, 0.25) is 0 Å². The van der Waals surface area contributed by atoms with Crippen LogP contribution in [0.3, 0.4) is 0 Å². The van der Waals surface area contributed by atoms with Crippen LogP contribution in [0.15, 0.2) is 36.0 Å². The molecular weight excluding hydrogens is 280 g/mol. The molecule has 0 bridgehead atoms. The van der Waals surface area contributed by atoms with E-state index in [4.69, 9.17) is 12.2 Å². The fraction of sp³-hybridized carbons (Fsp3) is 0.154. The second kappa shape index (κ2) is 5.99. The van der Waals surface area contributed by atoms with Crippen molar-refractivity contribution in [2.45, 2.75) is 6.42 Å². The predicted molar refractivity (Wildman–Crippen MR) is 81.5 cm³/mol. The molecule has 1 saturated heterocycles. The molecule has 6 heteroatoms. The largest absolute Gasteiger partial charge is 0.507 e. The normalized spacial score (nSPS) is 15.5. The SMILES string of the molecule is C=CCc1cccc(/C=N/N2C(=O)CSC2=S)c1O. The Bertz CT molecular complexity index is 554. The first-order chi connectivity index (χ1) is 9.13. The number of hydrogen-bond acceptors (Lipinski definition) is 5. The maximum atomic E-state index is 11.5. The number of benzene rings is 1. The van der Waals surface area contributed by atoms with Crippen molar-refractivity contribution >= 4 is 40.4 Å². The monoisotopic (exact) mass is 292 g/mol. The summed E-state index contributed by atoms with van der Waals surface area (Å²) in [6.07, 6.45) is 3.73. The molecule has 0 aliphatic carbocycles. The molecule has 1 heterocycles. The maximum absolute atomic E-state index is 11.5. The number of hydrazone groups is 1. The van der Waals surface area contributed by atoms with Crippen LogP contribution >= 0.6 is 24.0 Å². The quantitative estimate of drug-likeness (QED) is 0.526. The second-order valence-corrected chi connectivity index (χ2v) is 5.46. The number of phenolic OH excluding ortho intramolecular Hbond substituents is 1. The Hall–Kier alpha value is -1.66. The number of carbonyl (C=O) groups excluding carboxylic acids is 1. The van der Waals surface area contributed by atoms with E-state index in [1.807, 2.05) is 12.1 Å². The van der Waals surface area contributed by atoms with E-state index in [-0.39, 0.29) is 11.7 Å². The Morgan fingerprint density at radius 2 is 2.37 bits per heavy atom. The zero-order valence-electron chi connectivity index (χ0n) is 10.1. The van der Waals surface area contributed by atoms with Crippen molar-refractivity contribution in [1.82, 2.24) is 5.01 Å². The molecule has 19 heavy (non-hydrogen) atoms. The third-order valence-electron chi connectivity index (χ3n) is 2.56. The lowest BCUT2D eigenvalue weighted by atomic mass is 10.1. The summed E-state index contributed by atoms with van der Waals surface area (Å²) in [7, 11) is 0. The molecule has 1 N–H and O–H groups in total. The fourth-order valence-electron chi connectivity index (χ4n) is 1.61. The number of hydrogen-bond donors (Lipinski definition) is 1. The van der Waals surface area contributed by atoms with E-state index in [0.717, 1.165) is 5.56 Å². The third-order valence-corrected chi connectivity index (χ3v) is 3.89. The van der Waals surface area contributed by atoms with E-state index >= 15 is 0 Å². The summed E-state index contributed by atoms with van der Waals surface area (Å²) in [5, 5.41) is 15.3. The van der Waals surface area contributed by atoms with Gasteiger partial charge in [0.15, 0.2) is 4.32 Å². The van der Waals surface area contributed by atoms with Gasteiger partial charge in [-0.25, -0.2) is 0 Å². The Balaban J connectivity index is 2.23. The number of amides is 1. The van der Waals surface area contributed by atoms with Crippen molar-refractivity contribution in [3.63, 3.8) is 0 Å². The number of thiocarbonyl (C=S) groups is 1. The van der Waals surface area contributed by atoms with Crippen LogP contribution in [0.1, 0.15) is 11.1 Å². The van der Waals surface area contributed by atoms with E-state index in [1.165, 1.54) is 23.0 Å². The molecule has 0 spiro atoms. The maximum Gasteiger partial charge on any atom is 0.259 e. The summed E-state index contributed by atoms with van der Waals surface area (Å²) in [5.41, 5.74) is 1.32. The molecule has 1 aromatic carbocycles. The number of para-hydroxylation sites is 1. The Morgan fingerprint density at radius 3 is 3.00 bits per heavy atom. The molecule has 0 radical (unpaired) electrons. The van der Waals surface area contributed by atoms with Crippen LogP contribution in [-0.4, -0.2) is 32.3 Å². The van der Waals surface area contributed by atoms with Gasteiger partial charge in [-0.1, -0.05) is 42.2 Å². The highest BCUT2D eigenvalue weighted by atomic mass is 32.2. The van der Waals surface area contributed by atoms with E-state index in [0.29, 0.717) is 22.1 Å². The lowest BCUT2D eigenvalue weighted by molar-refractivity contribution is -0.123. The van der Waals surface area contributed by atoms with Gasteiger partial charge in [-0.15, -0.1) is 6.58 Å². The highest BCUT2D eigenvalue weighted by Crippen LogP contribution is 2.23. The number of allylic oxidation sites excluding steroid dienone is 1. The van der Waals surface area contributed by atoms with E-state index in [2.05, 4.69) is 11.7 Å². The number of carbonyl (C=O) groups is 1. The third kappa shape index (κ3) is 3.02. The molecule has 4 nitrogen and oxygen atoms in total. The first-order valence-corrected chi connectivity index (χ1v) is 6.98.